The molecule has 0 spiro atoms. The topological polar surface area (TPSA) is 92.8 Å². The van der Waals surface area contributed by atoms with Gasteiger partial charge in [-0.2, -0.15) is 0 Å². The predicted octanol–water partition coefficient (Wildman–Crippen LogP) is 1.65. The lowest BCUT2D eigenvalue weighted by atomic mass is 9.95. The molecule has 1 saturated carbocycles. The van der Waals surface area contributed by atoms with Crippen molar-refractivity contribution >= 4 is 11.7 Å². The van der Waals surface area contributed by atoms with E-state index in [1.54, 1.807) is 12.1 Å². The fourth-order valence-corrected chi connectivity index (χ4v) is 2.18. The number of anilines is 1. The van der Waals surface area contributed by atoms with Crippen molar-refractivity contribution < 1.29 is 19.7 Å². The molecule has 0 amide bonds. The number of hydrogen-bond acceptors (Lipinski definition) is 4. The van der Waals surface area contributed by atoms with Gasteiger partial charge >= 0.3 is 5.97 Å². The number of rotatable bonds is 3. The molecule has 0 saturated heterocycles. The van der Waals surface area contributed by atoms with Crippen LogP contribution in [-0.2, 0) is 0 Å². The Morgan fingerprint density at radius 2 is 1.94 bits per heavy atom. The molecular formula is C13H17NO4. The minimum absolute atomic E-state index is 0.0730. The lowest BCUT2D eigenvalue weighted by Crippen LogP contribution is -2.27. The highest BCUT2D eigenvalue weighted by atomic mass is 16.5. The monoisotopic (exact) mass is 251 g/mol. The molecule has 1 aliphatic rings. The first-order valence-electron chi connectivity index (χ1n) is 6.04. The minimum Gasteiger partial charge on any atom is -0.487 e. The molecular weight excluding hydrogens is 234 g/mol. The Balaban J connectivity index is 2.15. The number of ether oxygens (including phenoxy) is 1. The number of aromatic carboxylic acids is 1. The number of carbonyl (C=O) groups is 1. The maximum Gasteiger partial charge on any atom is 0.339 e. The Bertz CT molecular complexity index is 439. The van der Waals surface area contributed by atoms with E-state index < -0.39 is 5.97 Å². The van der Waals surface area contributed by atoms with E-state index in [1.165, 1.54) is 6.07 Å². The highest BCUT2D eigenvalue weighted by Gasteiger charge is 2.23. The van der Waals surface area contributed by atoms with Gasteiger partial charge in [0, 0.05) is 0 Å². The Morgan fingerprint density at radius 1 is 1.28 bits per heavy atom. The molecule has 5 heteroatoms. The van der Waals surface area contributed by atoms with Crippen LogP contribution in [0.2, 0.25) is 0 Å². The minimum atomic E-state index is -1.05. The van der Waals surface area contributed by atoms with Gasteiger partial charge in [-0.25, -0.2) is 4.79 Å². The highest BCUT2D eigenvalue weighted by Crippen LogP contribution is 2.31. The van der Waals surface area contributed by atoms with Gasteiger partial charge in [0.2, 0.25) is 0 Å². The summed E-state index contributed by atoms with van der Waals surface area (Å²) >= 11 is 0. The summed E-state index contributed by atoms with van der Waals surface area (Å²) < 4.78 is 5.71. The van der Waals surface area contributed by atoms with E-state index in [4.69, 9.17) is 15.6 Å². The van der Waals surface area contributed by atoms with Gasteiger partial charge in [-0.1, -0.05) is 6.07 Å². The lowest BCUT2D eigenvalue weighted by molar-refractivity contribution is 0.0615. The number of benzene rings is 1. The van der Waals surface area contributed by atoms with Crippen molar-refractivity contribution in [2.75, 3.05) is 5.73 Å². The maximum atomic E-state index is 11.1. The third-order valence-electron chi connectivity index (χ3n) is 3.20. The predicted molar refractivity (Wildman–Crippen MR) is 66.7 cm³/mol. The normalized spacial score (nSPS) is 23.6. The number of carboxylic acid groups (broad SMARTS) is 1. The van der Waals surface area contributed by atoms with Crippen LogP contribution >= 0.6 is 0 Å². The van der Waals surface area contributed by atoms with Crippen LogP contribution in [0.25, 0.3) is 0 Å². The molecule has 1 aliphatic carbocycles. The second-order valence-electron chi connectivity index (χ2n) is 4.58. The van der Waals surface area contributed by atoms with E-state index >= 15 is 0 Å². The average molecular weight is 251 g/mol. The summed E-state index contributed by atoms with van der Waals surface area (Å²) in [6.45, 7) is 0. The number of carboxylic acids is 1. The third kappa shape index (κ3) is 2.73. The average Bonchev–Trinajstić information content (AvgIpc) is 2.34. The lowest BCUT2D eigenvalue weighted by Gasteiger charge is -2.27. The Kier molecular flexibility index (Phi) is 3.72. The number of para-hydroxylation sites is 1. The Labute approximate surface area is 105 Å². The van der Waals surface area contributed by atoms with E-state index in [-0.39, 0.29) is 23.5 Å². The molecule has 0 bridgehead atoms. The van der Waals surface area contributed by atoms with Crippen LogP contribution in [-0.4, -0.2) is 28.4 Å². The first kappa shape index (κ1) is 12.7. The zero-order valence-electron chi connectivity index (χ0n) is 10.0. The van der Waals surface area contributed by atoms with Gasteiger partial charge in [0.1, 0.15) is 5.56 Å². The Hall–Kier alpha value is -1.75. The number of aliphatic hydroxyl groups excluding tert-OH is 1. The van der Waals surface area contributed by atoms with E-state index in [0.29, 0.717) is 31.4 Å². The summed E-state index contributed by atoms with van der Waals surface area (Å²) in [5.74, 6) is -0.806. The van der Waals surface area contributed by atoms with Crippen molar-refractivity contribution in [2.45, 2.75) is 37.9 Å². The van der Waals surface area contributed by atoms with Crippen molar-refractivity contribution in [3.8, 4) is 5.75 Å². The molecule has 0 aromatic heterocycles. The van der Waals surface area contributed by atoms with Crippen molar-refractivity contribution in [2.24, 2.45) is 0 Å². The van der Waals surface area contributed by atoms with Crippen LogP contribution in [0.4, 0.5) is 5.69 Å². The highest BCUT2D eigenvalue weighted by molar-refractivity contribution is 5.93. The van der Waals surface area contributed by atoms with Gasteiger partial charge in [0.05, 0.1) is 17.9 Å². The molecule has 4 N–H and O–H groups in total. The quantitative estimate of drug-likeness (QED) is 0.710. The fraction of sp³-hybridized carbons (Fsp3) is 0.462. The van der Waals surface area contributed by atoms with Gasteiger partial charge in [0.25, 0.3) is 0 Å². The van der Waals surface area contributed by atoms with Gasteiger partial charge < -0.3 is 20.7 Å². The molecule has 5 nitrogen and oxygen atoms in total. The van der Waals surface area contributed by atoms with Crippen molar-refractivity contribution in [1.82, 2.24) is 0 Å². The fourth-order valence-electron chi connectivity index (χ4n) is 2.18. The molecule has 18 heavy (non-hydrogen) atoms. The van der Waals surface area contributed by atoms with Gasteiger partial charge in [-0.05, 0) is 37.8 Å². The summed E-state index contributed by atoms with van der Waals surface area (Å²) in [5, 5.41) is 18.5. The number of aliphatic hydroxyl groups is 1. The summed E-state index contributed by atoms with van der Waals surface area (Å²) in [5.41, 5.74) is 6.18. The smallest absolute Gasteiger partial charge is 0.339 e. The molecule has 0 radical (unpaired) electrons. The number of hydrogen-bond donors (Lipinski definition) is 3. The second-order valence-corrected chi connectivity index (χ2v) is 4.58. The molecule has 1 aromatic rings. The molecule has 0 heterocycles. The van der Waals surface area contributed by atoms with Crippen LogP contribution in [0.3, 0.4) is 0 Å². The first-order chi connectivity index (χ1) is 8.58. The van der Waals surface area contributed by atoms with Crippen LogP contribution in [0.15, 0.2) is 18.2 Å². The zero-order chi connectivity index (χ0) is 13.1. The van der Waals surface area contributed by atoms with Crippen LogP contribution < -0.4 is 10.5 Å². The summed E-state index contributed by atoms with van der Waals surface area (Å²) in [6.07, 6.45) is 2.45. The summed E-state index contributed by atoms with van der Waals surface area (Å²) in [6, 6.07) is 4.70. The molecule has 0 aliphatic heterocycles. The zero-order valence-corrected chi connectivity index (χ0v) is 10.0. The van der Waals surface area contributed by atoms with E-state index in [1.807, 2.05) is 0 Å². The first-order valence-corrected chi connectivity index (χ1v) is 6.04. The SMILES string of the molecule is Nc1cccc(C(=O)O)c1OC1CCC(O)CC1. The van der Waals surface area contributed by atoms with E-state index in [9.17, 15) is 9.90 Å². The molecule has 2 rings (SSSR count). The largest absolute Gasteiger partial charge is 0.487 e. The van der Waals surface area contributed by atoms with Gasteiger partial charge in [0.15, 0.2) is 5.75 Å². The molecule has 1 aromatic carbocycles. The van der Waals surface area contributed by atoms with Gasteiger partial charge in [-0.15, -0.1) is 0 Å². The van der Waals surface area contributed by atoms with Crippen molar-refractivity contribution in [3.63, 3.8) is 0 Å². The molecule has 98 valence electrons. The van der Waals surface area contributed by atoms with Crippen molar-refractivity contribution in [3.05, 3.63) is 23.8 Å². The molecule has 0 unspecified atom stereocenters. The van der Waals surface area contributed by atoms with Crippen molar-refractivity contribution in [1.29, 1.82) is 0 Å². The van der Waals surface area contributed by atoms with Gasteiger partial charge in [-0.3, -0.25) is 0 Å². The molecule has 1 fully saturated rings. The molecule has 0 atom stereocenters. The number of nitrogens with two attached hydrogens (primary N) is 1. The van der Waals surface area contributed by atoms with Crippen LogP contribution in [0.5, 0.6) is 5.75 Å². The van der Waals surface area contributed by atoms with E-state index in [0.717, 1.165) is 0 Å². The Morgan fingerprint density at radius 3 is 2.56 bits per heavy atom. The third-order valence-corrected chi connectivity index (χ3v) is 3.20. The van der Waals surface area contributed by atoms with Crippen LogP contribution in [0.1, 0.15) is 36.0 Å². The summed E-state index contributed by atoms with van der Waals surface area (Å²) in [7, 11) is 0. The maximum absolute atomic E-state index is 11.1. The summed E-state index contributed by atoms with van der Waals surface area (Å²) in [4.78, 5) is 11.1. The number of nitrogen functional groups attached to an aromatic ring is 1. The van der Waals surface area contributed by atoms with E-state index in [2.05, 4.69) is 0 Å². The second kappa shape index (κ2) is 5.27. The standard InChI is InChI=1S/C13H17NO4/c14-11-3-1-2-10(13(16)17)12(11)18-9-6-4-8(15)5-7-9/h1-3,8-9,15H,4-7,14H2,(H,16,17). The van der Waals surface area contributed by atoms with Crippen LogP contribution in [0, 0.1) is 0 Å².